The minimum atomic E-state index is -0.421. The van der Waals surface area contributed by atoms with Gasteiger partial charge in [0.1, 0.15) is 5.82 Å². The molecule has 1 fully saturated rings. The van der Waals surface area contributed by atoms with Gasteiger partial charge in [0.25, 0.3) is 0 Å². The van der Waals surface area contributed by atoms with Gasteiger partial charge in [-0.3, -0.25) is 9.69 Å². The Bertz CT molecular complexity index is 760. The predicted octanol–water partition coefficient (Wildman–Crippen LogP) is 3.55. The molecule has 1 heterocycles. The zero-order valence-corrected chi connectivity index (χ0v) is 14.9. The van der Waals surface area contributed by atoms with Crippen molar-refractivity contribution in [3.8, 4) is 0 Å². The Morgan fingerprint density at radius 2 is 1.88 bits per heavy atom. The molecule has 0 spiro atoms. The van der Waals surface area contributed by atoms with E-state index in [0.717, 1.165) is 26.2 Å². The smallest absolute Gasteiger partial charge is 0.238 e. The van der Waals surface area contributed by atoms with Gasteiger partial charge in [0, 0.05) is 31.9 Å². The minimum absolute atomic E-state index is 0.141. The number of aryl methyl sites for hydroxylation is 1. The van der Waals surface area contributed by atoms with Crippen LogP contribution in [0.2, 0.25) is 5.02 Å². The van der Waals surface area contributed by atoms with E-state index in [0.29, 0.717) is 12.2 Å². The van der Waals surface area contributed by atoms with E-state index in [-0.39, 0.29) is 10.9 Å². The summed E-state index contributed by atoms with van der Waals surface area (Å²) >= 11 is 5.94. The van der Waals surface area contributed by atoms with E-state index in [1.54, 1.807) is 0 Å². The average Bonchev–Trinajstić information content (AvgIpc) is 2.59. The lowest BCUT2D eigenvalue weighted by atomic mass is 10.1. The van der Waals surface area contributed by atoms with Crippen LogP contribution in [0.1, 0.15) is 5.56 Å². The maximum Gasteiger partial charge on any atom is 0.238 e. The first-order chi connectivity index (χ1) is 12.0. The first kappa shape index (κ1) is 17.7. The maximum absolute atomic E-state index is 13.1. The largest absolute Gasteiger partial charge is 0.369 e. The number of piperazine rings is 1. The molecule has 25 heavy (non-hydrogen) atoms. The molecule has 3 rings (SSSR count). The fourth-order valence-electron chi connectivity index (χ4n) is 3.05. The molecule has 1 aliphatic heterocycles. The number of amides is 1. The van der Waals surface area contributed by atoms with Crippen LogP contribution in [-0.4, -0.2) is 43.5 Å². The highest BCUT2D eigenvalue weighted by Crippen LogP contribution is 2.23. The van der Waals surface area contributed by atoms with Crippen LogP contribution >= 0.6 is 11.6 Å². The number of benzene rings is 2. The van der Waals surface area contributed by atoms with Crippen LogP contribution in [0.3, 0.4) is 0 Å². The second kappa shape index (κ2) is 7.85. The average molecular weight is 362 g/mol. The molecule has 132 valence electrons. The van der Waals surface area contributed by atoms with Crippen LogP contribution in [0.25, 0.3) is 0 Å². The van der Waals surface area contributed by atoms with Gasteiger partial charge >= 0.3 is 0 Å². The third-order valence-electron chi connectivity index (χ3n) is 4.40. The van der Waals surface area contributed by atoms with Crippen molar-refractivity contribution in [2.75, 3.05) is 42.9 Å². The molecule has 0 bridgehead atoms. The summed E-state index contributed by atoms with van der Waals surface area (Å²) in [5.41, 5.74) is 2.95. The molecule has 0 atom stereocenters. The zero-order chi connectivity index (χ0) is 17.8. The lowest BCUT2D eigenvalue weighted by Gasteiger charge is -2.36. The van der Waals surface area contributed by atoms with E-state index in [2.05, 4.69) is 40.2 Å². The highest BCUT2D eigenvalue weighted by atomic mass is 35.5. The quantitative estimate of drug-likeness (QED) is 0.904. The Kier molecular flexibility index (Phi) is 5.56. The lowest BCUT2D eigenvalue weighted by Crippen LogP contribution is -2.48. The second-order valence-electron chi connectivity index (χ2n) is 6.22. The van der Waals surface area contributed by atoms with Crippen LogP contribution in [-0.2, 0) is 4.79 Å². The molecule has 0 radical (unpaired) electrons. The molecule has 1 saturated heterocycles. The molecular formula is C19H21ClFN3O. The molecule has 4 nitrogen and oxygen atoms in total. The standard InChI is InChI=1S/C19H21ClFN3O/c1-14-4-2-3-5-18(14)24-10-8-23(9-11-24)13-19(25)22-17-7-6-15(21)12-16(17)20/h2-7,12H,8-11,13H2,1H3,(H,22,25). The van der Waals surface area contributed by atoms with Gasteiger partial charge in [0.05, 0.1) is 17.3 Å². The lowest BCUT2D eigenvalue weighted by molar-refractivity contribution is -0.117. The number of anilines is 2. The third-order valence-corrected chi connectivity index (χ3v) is 4.71. The van der Waals surface area contributed by atoms with Crippen LogP contribution in [0, 0.1) is 12.7 Å². The number of hydrogen-bond acceptors (Lipinski definition) is 3. The normalized spacial score (nSPS) is 15.2. The van der Waals surface area contributed by atoms with Crippen molar-refractivity contribution >= 4 is 28.9 Å². The number of carbonyl (C=O) groups excluding carboxylic acids is 1. The summed E-state index contributed by atoms with van der Waals surface area (Å²) in [6.07, 6.45) is 0. The number of carbonyl (C=O) groups is 1. The van der Waals surface area contributed by atoms with Crippen molar-refractivity contribution < 1.29 is 9.18 Å². The Morgan fingerprint density at radius 1 is 1.16 bits per heavy atom. The molecule has 1 aliphatic rings. The summed E-state index contributed by atoms with van der Waals surface area (Å²) in [6, 6.07) is 12.3. The van der Waals surface area contributed by atoms with Crippen LogP contribution in [0.5, 0.6) is 0 Å². The van der Waals surface area contributed by atoms with Crippen molar-refractivity contribution in [3.63, 3.8) is 0 Å². The Hall–Kier alpha value is -2.11. The first-order valence-electron chi connectivity index (χ1n) is 8.31. The van der Waals surface area contributed by atoms with Gasteiger partial charge in [-0.25, -0.2) is 4.39 Å². The number of para-hydroxylation sites is 1. The van der Waals surface area contributed by atoms with Crippen LogP contribution in [0.4, 0.5) is 15.8 Å². The molecule has 0 unspecified atom stereocenters. The summed E-state index contributed by atoms with van der Waals surface area (Å²) in [4.78, 5) is 16.7. The van der Waals surface area contributed by atoms with Gasteiger partial charge in [-0.15, -0.1) is 0 Å². The van der Waals surface area contributed by atoms with Crippen LogP contribution < -0.4 is 10.2 Å². The van der Waals surface area contributed by atoms with Gasteiger partial charge in [-0.05, 0) is 36.8 Å². The van der Waals surface area contributed by atoms with Gasteiger partial charge < -0.3 is 10.2 Å². The van der Waals surface area contributed by atoms with E-state index < -0.39 is 5.82 Å². The Labute approximate surface area is 152 Å². The van der Waals surface area contributed by atoms with Gasteiger partial charge in [-0.2, -0.15) is 0 Å². The SMILES string of the molecule is Cc1ccccc1N1CCN(CC(=O)Nc2ccc(F)cc2Cl)CC1. The van der Waals surface area contributed by atoms with Crippen LogP contribution in [0.15, 0.2) is 42.5 Å². The Morgan fingerprint density at radius 3 is 2.56 bits per heavy atom. The van der Waals surface area contributed by atoms with E-state index in [9.17, 15) is 9.18 Å². The number of halogens is 2. The summed E-state index contributed by atoms with van der Waals surface area (Å²) in [7, 11) is 0. The van der Waals surface area contributed by atoms with E-state index in [1.807, 2.05) is 6.07 Å². The van der Waals surface area contributed by atoms with E-state index >= 15 is 0 Å². The van der Waals surface area contributed by atoms with Gasteiger partial charge in [0.2, 0.25) is 5.91 Å². The van der Waals surface area contributed by atoms with Gasteiger partial charge in [-0.1, -0.05) is 29.8 Å². The van der Waals surface area contributed by atoms with E-state index in [1.165, 1.54) is 29.4 Å². The molecule has 2 aromatic carbocycles. The molecule has 1 N–H and O–H groups in total. The topological polar surface area (TPSA) is 35.6 Å². The van der Waals surface area contributed by atoms with Crippen molar-refractivity contribution in [2.24, 2.45) is 0 Å². The maximum atomic E-state index is 13.1. The third kappa shape index (κ3) is 4.50. The second-order valence-corrected chi connectivity index (χ2v) is 6.63. The fraction of sp³-hybridized carbons (Fsp3) is 0.316. The molecule has 1 amide bonds. The zero-order valence-electron chi connectivity index (χ0n) is 14.1. The molecule has 0 saturated carbocycles. The summed E-state index contributed by atoms with van der Waals surface area (Å²) in [6.45, 7) is 5.82. The fourth-order valence-corrected chi connectivity index (χ4v) is 3.26. The highest BCUT2D eigenvalue weighted by Gasteiger charge is 2.20. The van der Waals surface area contributed by atoms with Crippen molar-refractivity contribution in [2.45, 2.75) is 6.92 Å². The molecule has 0 aromatic heterocycles. The minimum Gasteiger partial charge on any atom is -0.369 e. The number of nitrogens with zero attached hydrogens (tertiary/aromatic N) is 2. The first-order valence-corrected chi connectivity index (χ1v) is 8.68. The van der Waals surface area contributed by atoms with Crippen molar-refractivity contribution in [3.05, 3.63) is 58.9 Å². The summed E-state index contributed by atoms with van der Waals surface area (Å²) in [5.74, 6) is -0.562. The molecular weight excluding hydrogens is 341 g/mol. The number of hydrogen-bond donors (Lipinski definition) is 1. The predicted molar refractivity (Wildman–Crippen MR) is 99.9 cm³/mol. The number of rotatable bonds is 4. The monoisotopic (exact) mass is 361 g/mol. The van der Waals surface area contributed by atoms with E-state index in [4.69, 9.17) is 11.6 Å². The molecule has 0 aliphatic carbocycles. The molecule has 6 heteroatoms. The highest BCUT2D eigenvalue weighted by molar-refractivity contribution is 6.33. The van der Waals surface area contributed by atoms with Crippen molar-refractivity contribution in [1.29, 1.82) is 0 Å². The summed E-state index contributed by atoms with van der Waals surface area (Å²) < 4.78 is 13.1. The van der Waals surface area contributed by atoms with Gasteiger partial charge in [0.15, 0.2) is 0 Å². The molecule has 2 aromatic rings. The summed E-state index contributed by atoms with van der Waals surface area (Å²) in [5, 5.41) is 2.95. The van der Waals surface area contributed by atoms with Crippen molar-refractivity contribution in [1.82, 2.24) is 4.90 Å². The number of nitrogens with one attached hydrogen (secondary N) is 1. The Balaban J connectivity index is 1.52.